The average Bonchev–Trinajstić information content (AvgIpc) is 2.82. The van der Waals surface area contributed by atoms with Gasteiger partial charge in [-0.15, -0.1) is 16.7 Å². The highest BCUT2D eigenvalue weighted by Gasteiger charge is 2.17. The maximum Gasteiger partial charge on any atom is 0.247 e. The van der Waals surface area contributed by atoms with Gasteiger partial charge in [-0.3, -0.25) is 4.79 Å². The monoisotopic (exact) mass is 253 g/mol. The van der Waals surface area contributed by atoms with Crippen LogP contribution in [-0.4, -0.2) is 15.5 Å². The molecule has 1 N–H and O–H groups in total. The molecule has 0 fully saturated rings. The van der Waals surface area contributed by atoms with Gasteiger partial charge in [0, 0.05) is 11.5 Å². The third-order valence-electron chi connectivity index (χ3n) is 1.93. The summed E-state index contributed by atoms with van der Waals surface area (Å²) < 4.78 is 3.64. The largest absolute Gasteiger partial charge is 0.313 e. The van der Waals surface area contributed by atoms with Gasteiger partial charge in [0.1, 0.15) is 10.4 Å². The Kier molecular flexibility index (Phi) is 3.48. The number of nitrogens with one attached hydrogen (secondary N) is 1. The molecule has 0 saturated carbocycles. The van der Waals surface area contributed by atoms with Crippen molar-refractivity contribution in [2.45, 2.75) is 5.38 Å². The number of anilines is 1. The lowest BCUT2D eigenvalue weighted by molar-refractivity contribution is -0.115. The Balaban J connectivity index is 2.05. The highest BCUT2D eigenvalue weighted by molar-refractivity contribution is 7.10. The van der Waals surface area contributed by atoms with Crippen LogP contribution >= 0.6 is 23.1 Å². The first kappa shape index (κ1) is 11.0. The molecule has 1 heterocycles. The summed E-state index contributed by atoms with van der Waals surface area (Å²) in [4.78, 5) is 11.7. The number of hydrogen-bond acceptors (Lipinski definition) is 4. The number of rotatable bonds is 3. The molecule has 1 amide bonds. The number of benzene rings is 1. The highest BCUT2D eigenvalue weighted by atomic mass is 35.5. The molecule has 0 aliphatic carbocycles. The van der Waals surface area contributed by atoms with Gasteiger partial charge in [0.2, 0.25) is 5.91 Å². The second-order valence-electron chi connectivity index (χ2n) is 3.04. The molecule has 0 spiro atoms. The molecule has 0 saturated heterocycles. The Labute approximate surface area is 101 Å². The van der Waals surface area contributed by atoms with Crippen LogP contribution in [0, 0.1) is 0 Å². The van der Waals surface area contributed by atoms with E-state index in [1.165, 1.54) is 6.20 Å². The van der Waals surface area contributed by atoms with Crippen LogP contribution in [-0.2, 0) is 4.79 Å². The first-order valence-corrected chi connectivity index (χ1v) is 5.75. The van der Waals surface area contributed by atoms with Crippen molar-refractivity contribution in [1.82, 2.24) is 9.59 Å². The van der Waals surface area contributed by atoms with E-state index < -0.39 is 5.38 Å². The zero-order valence-corrected chi connectivity index (χ0v) is 9.70. The van der Waals surface area contributed by atoms with Crippen molar-refractivity contribution in [2.75, 3.05) is 5.32 Å². The van der Waals surface area contributed by atoms with Crippen molar-refractivity contribution in [3.8, 4) is 0 Å². The van der Waals surface area contributed by atoms with Crippen LogP contribution in [0.4, 0.5) is 5.00 Å². The van der Waals surface area contributed by atoms with E-state index >= 15 is 0 Å². The zero-order chi connectivity index (χ0) is 11.4. The van der Waals surface area contributed by atoms with E-state index in [-0.39, 0.29) is 5.91 Å². The molecule has 0 radical (unpaired) electrons. The predicted octanol–water partition coefficient (Wildman–Crippen LogP) is 2.46. The lowest BCUT2D eigenvalue weighted by Gasteiger charge is -2.08. The fourth-order valence-electron chi connectivity index (χ4n) is 1.18. The van der Waals surface area contributed by atoms with Gasteiger partial charge < -0.3 is 5.32 Å². The summed E-state index contributed by atoms with van der Waals surface area (Å²) in [5.41, 5.74) is 0.763. The number of hydrogen-bond donors (Lipinski definition) is 1. The second-order valence-corrected chi connectivity index (χ2v) is 4.27. The summed E-state index contributed by atoms with van der Waals surface area (Å²) in [6.07, 6.45) is 1.48. The predicted molar refractivity (Wildman–Crippen MR) is 63.6 cm³/mol. The van der Waals surface area contributed by atoms with Gasteiger partial charge in [-0.25, -0.2) is 0 Å². The molecule has 0 bridgehead atoms. The Hall–Kier alpha value is -1.46. The Morgan fingerprint density at radius 3 is 2.75 bits per heavy atom. The number of aromatic nitrogens is 2. The first-order valence-electron chi connectivity index (χ1n) is 4.54. The van der Waals surface area contributed by atoms with Crippen LogP contribution in [0.15, 0.2) is 36.5 Å². The summed E-state index contributed by atoms with van der Waals surface area (Å²) in [6, 6.07) is 9.17. The van der Waals surface area contributed by atoms with E-state index in [9.17, 15) is 4.79 Å². The number of nitrogens with zero attached hydrogens (tertiary/aromatic N) is 2. The smallest absolute Gasteiger partial charge is 0.247 e. The van der Waals surface area contributed by atoms with Gasteiger partial charge >= 0.3 is 0 Å². The van der Waals surface area contributed by atoms with Gasteiger partial charge in [-0.05, 0) is 5.56 Å². The van der Waals surface area contributed by atoms with Crippen molar-refractivity contribution < 1.29 is 4.79 Å². The van der Waals surface area contributed by atoms with Crippen LogP contribution in [0.3, 0.4) is 0 Å². The van der Waals surface area contributed by atoms with E-state index in [0.29, 0.717) is 5.00 Å². The van der Waals surface area contributed by atoms with Crippen molar-refractivity contribution in [3.05, 3.63) is 42.1 Å². The fraction of sp³-hybridized carbons (Fsp3) is 0.100. The zero-order valence-electron chi connectivity index (χ0n) is 8.13. The minimum absolute atomic E-state index is 0.279. The van der Waals surface area contributed by atoms with Crippen LogP contribution < -0.4 is 5.32 Å². The van der Waals surface area contributed by atoms with E-state index in [1.807, 2.05) is 30.3 Å². The molecule has 1 aromatic carbocycles. The van der Waals surface area contributed by atoms with E-state index in [0.717, 1.165) is 17.1 Å². The maximum atomic E-state index is 11.7. The molecule has 16 heavy (non-hydrogen) atoms. The van der Waals surface area contributed by atoms with Crippen molar-refractivity contribution in [3.63, 3.8) is 0 Å². The van der Waals surface area contributed by atoms with Crippen molar-refractivity contribution in [1.29, 1.82) is 0 Å². The van der Waals surface area contributed by atoms with E-state index in [1.54, 1.807) is 0 Å². The third-order valence-corrected chi connectivity index (χ3v) is 2.96. The van der Waals surface area contributed by atoms with E-state index in [2.05, 4.69) is 14.9 Å². The number of halogens is 1. The Morgan fingerprint density at radius 2 is 2.12 bits per heavy atom. The molecule has 0 aliphatic heterocycles. The highest BCUT2D eigenvalue weighted by Crippen LogP contribution is 2.22. The lowest BCUT2D eigenvalue weighted by Crippen LogP contribution is -2.16. The second kappa shape index (κ2) is 5.05. The molecule has 2 aromatic rings. The average molecular weight is 254 g/mol. The van der Waals surface area contributed by atoms with Crippen LogP contribution in [0.2, 0.25) is 0 Å². The van der Waals surface area contributed by atoms with Gasteiger partial charge in [0.15, 0.2) is 0 Å². The lowest BCUT2D eigenvalue weighted by atomic mass is 10.1. The molecule has 82 valence electrons. The summed E-state index contributed by atoms with van der Waals surface area (Å²) in [6.45, 7) is 0. The molecule has 1 aromatic heterocycles. The SMILES string of the molecule is O=C(Nc1cnns1)C(Cl)c1ccccc1. The van der Waals surface area contributed by atoms with Crippen LogP contribution in [0.5, 0.6) is 0 Å². The standard InChI is InChI=1S/C10H8ClN3OS/c11-9(7-4-2-1-3-5-7)10(15)13-8-6-12-14-16-8/h1-6,9H,(H,13,15). The normalized spacial score (nSPS) is 12.1. The summed E-state index contributed by atoms with van der Waals surface area (Å²) >= 11 is 7.14. The van der Waals surface area contributed by atoms with Gasteiger partial charge in [-0.1, -0.05) is 34.8 Å². The minimum Gasteiger partial charge on any atom is -0.313 e. The van der Waals surface area contributed by atoms with Crippen LogP contribution in [0.1, 0.15) is 10.9 Å². The Bertz CT molecular complexity index is 460. The molecular formula is C10H8ClN3OS. The van der Waals surface area contributed by atoms with Gasteiger partial charge in [-0.2, -0.15) is 0 Å². The number of amides is 1. The van der Waals surface area contributed by atoms with Gasteiger partial charge in [0.25, 0.3) is 0 Å². The summed E-state index contributed by atoms with van der Waals surface area (Å²) in [5.74, 6) is -0.279. The third kappa shape index (κ3) is 2.56. The summed E-state index contributed by atoms with van der Waals surface area (Å²) in [7, 11) is 0. The quantitative estimate of drug-likeness (QED) is 0.855. The number of carbonyl (C=O) groups excluding carboxylic acids is 1. The molecule has 6 heteroatoms. The Morgan fingerprint density at radius 1 is 1.38 bits per heavy atom. The molecular weight excluding hydrogens is 246 g/mol. The maximum absolute atomic E-state index is 11.7. The fourth-order valence-corrected chi connectivity index (χ4v) is 1.80. The number of alkyl halides is 1. The summed E-state index contributed by atoms with van der Waals surface area (Å²) in [5, 5.41) is 6.14. The molecule has 4 nitrogen and oxygen atoms in total. The van der Waals surface area contributed by atoms with Crippen molar-refractivity contribution in [2.24, 2.45) is 0 Å². The molecule has 2 rings (SSSR count). The van der Waals surface area contributed by atoms with Crippen LogP contribution in [0.25, 0.3) is 0 Å². The van der Waals surface area contributed by atoms with Gasteiger partial charge in [0.05, 0.1) is 6.20 Å². The van der Waals surface area contributed by atoms with E-state index in [4.69, 9.17) is 11.6 Å². The molecule has 1 unspecified atom stereocenters. The van der Waals surface area contributed by atoms with Crippen molar-refractivity contribution >= 4 is 34.0 Å². The number of carbonyl (C=O) groups is 1. The minimum atomic E-state index is -0.705. The first-order chi connectivity index (χ1) is 7.77. The molecule has 1 atom stereocenters. The molecule has 0 aliphatic rings. The topological polar surface area (TPSA) is 54.9 Å².